The predicted molar refractivity (Wildman–Crippen MR) is 90.2 cm³/mol. The molecule has 3 N–H and O–H groups in total. The number of nitrogens with zero attached hydrogens (tertiary/aromatic N) is 2. The minimum absolute atomic E-state index is 0.0747. The van der Waals surface area contributed by atoms with Crippen LogP contribution in [0.3, 0.4) is 0 Å². The summed E-state index contributed by atoms with van der Waals surface area (Å²) >= 11 is 0. The largest absolute Gasteiger partial charge is 0.465 e. The second-order valence-electron chi connectivity index (χ2n) is 6.30. The van der Waals surface area contributed by atoms with Gasteiger partial charge in [0.25, 0.3) is 13.1 Å². The molecule has 2 saturated heterocycles. The first-order valence-electron chi connectivity index (χ1n) is 8.47. The van der Waals surface area contributed by atoms with Crippen LogP contribution in [0, 0.1) is 0 Å². The first-order chi connectivity index (χ1) is 12.7. The lowest BCUT2D eigenvalue weighted by Gasteiger charge is -2.33. The smallest absolute Gasteiger partial charge is 0.347 e. The second kappa shape index (κ2) is 7.64. The van der Waals surface area contributed by atoms with Crippen LogP contribution in [-0.2, 0) is 23.4 Å². The minimum atomic E-state index is -3.45. The van der Waals surface area contributed by atoms with Crippen molar-refractivity contribution in [3.05, 3.63) is 27.0 Å². The van der Waals surface area contributed by atoms with Crippen molar-refractivity contribution in [2.24, 2.45) is 0 Å². The molecule has 2 fully saturated rings. The van der Waals surface area contributed by atoms with E-state index in [9.17, 15) is 24.1 Å². The third-order valence-electron chi connectivity index (χ3n) is 4.32. The number of H-pyrrole nitrogens is 1. The summed E-state index contributed by atoms with van der Waals surface area (Å²) in [7, 11) is -3.45. The number of nitrogens with one attached hydrogen (secondary N) is 2. The highest BCUT2D eigenvalue weighted by atomic mass is 31.2. The van der Waals surface area contributed by atoms with Gasteiger partial charge in [0.15, 0.2) is 6.23 Å². The molecule has 3 unspecified atom stereocenters. The average molecular weight is 404 g/mol. The first-order valence-corrected chi connectivity index (χ1v) is 10.3. The van der Waals surface area contributed by atoms with E-state index in [2.05, 4.69) is 10.2 Å². The molecule has 12 nitrogen and oxygen atoms in total. The van der Waals surface area contributed by atoms with Gasteiger partial charge < -0.3 is 19.1 Å². The number of ether oxygens (including phenoxy) is 2. The number of hydrogen-bond acceptors (Lipinski definition) is 9. The van der Waals surface area contributed by atoms with Gasteiger partial charge in [-0.3, -0.25) is 19.1 Å². The summed E-state index contributed by atoms with van der Waals surface area (Å²) in [5.74, 6) is -0.566. The molecule has 0 bridgehead atoms. The third-order valence-corrected chi connectivity index (χ3v) is 6.53. The van der Waals surface area contributed by atoms with E-state index in [4.69, 9.17) is 14.0 Å². The molecule has 0 saturated carbocycles. The zero-order chi connectivity index (χ0) is 19.8. The normalized spacial score (nSPS) is 34.0. The van der Waals surface area contributed by atoms with Crippen LogP contribution in [0.5, 0.6) is 0 Å². The molecule has 0 aliphatic carbocycles. The van der Waals surface area contributed by atoms with Crippen LogP contribution < -0.4 is 16.3 Å². The number of carbonyl (C=O) groups excluding carboxylic acids is 1. The van der Waals surface area contributed by atoms with Gasteiger partial charge in [-0.15, -0.1) is 0 Å². The topological polar surface area (TPSA) is 162 Å². The van der Waals surface area contributed by atoms with Crippen LogP contribution in [-0.4, -0.2) is 63.0 Å². The van der Waals surface area contributed by atoms with Gasteiger partial charge in [0, 0.05) is 6.16 Å². The second-order valence-corrected chi connectivity index (χ2v) is 8.56. The molecule has 3 heterocycles. The SMILES string of the molecule is CCOC(=O)[C@H](C)NP1(=O)CCC2OC(n3ncc(=O)[nH]c3=O)[C@H](O)[C@@H]2O1. The molecular weight excluding hydrogens is 383 g/mol. The predicted octanol–water partition coefficient (Wildman–Crippen LogP) is -1.29. The van der Waals surface area contributed by atoms with Crippen molar-refractivity contribution in [1.82, 2.24) is 19.9 Å². The Balaban J connectivity index is 1.74. The fourth-order valence-corrected chi connectivity index (χ4v) is 5.32. The van der Waals surface area contributed by atoms with Gasteiger partial charge >= 0.3 is 11.7 Å². The Labute approximate surface area is 153 Å². The molecule has 0 spiro atoms. The van der Waals surface area contributed by atoms with Gasteiger partial charge in [0.1, 0.15) is 24.4 Å². The molecule has 2 aliphatic heterocycles. The summed E-state index contributed by atoms with van der Waals surface area (Å²) in [5, 5.41) is 16.8. The van der Waals surface area contributed by atoms with Crippen LogP contribution in [0.15, 0.2) is 15.8 Å². The zero-order valence-electron chi connectivity index (χ0n) is 14.7. The lowest BCUT2D eigenvalue weighted by Crippen LogP contribution is -2.43. The number of fused-ring (bicyclic) bond motifs is 1. The Morgan fingerprint density at radius 3 is 3.00 bits per heavy atom. The van der Waals surface area contributed by atoms with E-state index in [1.165, 1.54) is 6.92 Å². The molecule has 0 aromatic carbocycles. The van der Waals surface area contributed by atoms with E-state index in [-0.39, 0.29) is 19.2 Å². The fraction of sp³-hybridized carbons (Fsp3) is 0.714. The van der Waals surface area contributed by atoms with Crippen LogP contribution in [0.25, 0.3) is 0 Å². The Bertz CT molecular complexity index is 869. The molecule has 1 aromatic heterocycles. The highest BCUT2D eigenvalue weighted by Gasteiger charge is 2.52. The molecule has 3 rings (SSSR count). The molecule has 6 atom stereocenters. The molecule has 1 aromatic rings. The summed E-state index contributed by atoms with van der Waals surface area (Å²) in [6, 6.07) is -0.855. The van der Waals surface area contributed by atoms with Crippen LogP contribution in [0.2, 0.25) is 0 Å². The van der Waals surface area contributed by atoms with Gasteiger partial charge in [-0.25, -0.2) is 9.88 Å². The first kappa shape index (κ1) is 19.9. The zero-order valence-corrected chi connectivity index (χ0v) is 15.6. The molecule has 27 heavy (non-hydrogen) atoms. The monoisotopic (exact) mass is 404 g/mol. The molecule has 2 aliphatic rings. The number of aliphatic hydroxyl groups excluding tert-OH is 1. The Hall–Kier alpha value is -1.85. The fourth-order valence-electron chi connectivity index (χ4n) is 3.08. The van der Waals surface area contributed by atoms with Crippen LogP contribution >= 0.6 is 7.52 Å². The molecule has 0 radical (unpaired) electrons. The maximum atomic E-state index is 13.0. The van der Waals surface area contributed by atoms with Crippen molar-refractivity contribution in [3.63, 3.8) is 0 Å². The van der Waals surface area contributed by atoms with E-state index in [1.807, 2.05) is 4.98 Å². The van der Waals surface area contributed by atoms with Gasteiger partial charge in [0.2, 0.25) is 0 Å². The molecular formula is C14H21N4O8P. The number of rotatable bonds is 5. The maximum absolute atomic E-state index is 13.0. The van der Waals surface area contributed by atoms with Crippen molar-refractivity contribution in [3.8, 4) is 0 Å². The summed E-state index contributed by atoms with van der Waals surface area (Å²) in [6.07, 6.45) is -2.92. The van der Waals surface area contributed by atoms with E-state index in [0.717, 1.165) is 10.9 Å². The number of aromatic amines is 1. The quantitative estimate of drug-likeness (QED) is 0.398. The number of hydrogen-bond donors (Lipinski definition) is 3. The summed E-state index contributed by atoms with van der Waals surface area (Å²) in [6.45, 7) is 3.35. The van der Waals surface area contributed by atoms with E-state index < -0.39 is 55.3 Å². The Morgan fingerprint density at radius 2 is 2.33 bits per heavy atom. The highest BCUT2D eigenvalue weighted by Crippen LogP contribution is 2.53. The molecule has 150 valence electrons. The lowest BCUT2D eigenvalue weighted by atomic mass is 10.1. The summed E-state index contributed by atoms with van der Waals surface area (Å²) < 4.78 is 29.8. The van der Waals surface area contributed by atoms with Gasteiger partial charge in [-0.2, -0.15) is 9.78 Å². The lowest BCUT2D eigenvalue weighted by molar-refractivity contribution is -0.144. The van der Waals surface area contributed by atoms with Crippen molar-refractivity contribution in [2.75, 3.05) is 12.8 Å². The highest BCUT2D eigenvalue weighted by molar-refractivity contribution is 7.57. The van der Waals surface area contributed by atoms with E-state index in [0.29, 0.717) is 0 Å². The maximum Gasteiger partial charge on any atom is 0.347 e. The van der Waals surface area contributed by atoms with Crippen molar-refractivity contribution < 1.29 is 28.5 Å². The van der Waals surface area contributed by atoms with Crippen molar-refractivity contribution >= 4 is 13.5 Å². The van der Waals surface area contributed by atoms with Crippen molar-refractivity contribution in [1.29, 1.82) is 0 Å². The average Bonchev–Trinajstić information content (AvgIpc) is 2.91. The van der Waals surface area contributed by atoms with Gasteiger partial charge in [-0.05, 0) is 20.3 Å². The van der Waals surface area contributed by atoms with Gasteiger partial charge in [-0.1, -0.05) is 0 Å². The number of aliphatic hydroxyl groups is 1. The number of carbonyl (C=O) groups is 1. The third kappa shape index (κ3) is 4.04. The van der Waals surface area contributed by atoms with Crippen molar-refractivity contribution in [2.45, 2.75) is 50.8 Å². The number of esters is 1. The van der Waals surface area contributed by atoms with E-state index in [1.54, 1.807) is 6.92 Å². The van der Waals surface area contributed by atoms with E-state index >= 15 is 0 Å². The molecule has 0 amide bonds. The Kier molecular flexibility index (Phi) is 5.63. The number of aromatic nitrogens is 3. The molecule has 13 heteroatoms. The van der Waals surface area contributed by atoms with Crippen LogP contribution in [0.4, 0.5) is 0 Å². The summed E-state index contributed by atoms with van der Waals surface area (Å²) in [5.41, 5.74) is -1.53. The Morgan fingerprint density at radius 1 is 1.59 bits per heavy atom. The standard InChI is InChI=1S/C14H21N4O8P/c1-3-24-13(21)7(2)17-27(23)5-4-8-11(26-27)10(20)12(25-8)18-14(22)16-9(19)6-15-18/h6-8,10-12,20H,3-5H2,1-2H3,(H,17,23)(H,16,19,22)/t7-,8?,10+,11+,12?,27?/m0/s1. The van der Waals surface area contributed by atoms with Gasteiger partial charge in [0.05, 0.1) is 12.7 Å². The van der Waals surface area contributed by atoms with Crippen LogP contribution in [0.1, 0.15) is 26.5 Å². The minimum Gasteiger partial charge on any atom is -0.465 e. The summed E-state index contributed by atoms with van der Waals surface area (Å²) in [4.78, 5) is 36.8.